The van der Waals surface area contributed by atoms with E-state index in [0.717, 1.165) is 30.9 Å². The van der Waals surface area contributed by atoms with Crippen molar-refractivity contribution in [2.75, 3.05) is 38.2 Å². The predicted octanol–water partition coefficient (Wildman–Crippen LogP) is 5.38. The van der Waals surface area contributed by atoms with Gasteiger partial charge < -0.3 is 19.9 Å². The van der Waals surface area contributed by atoms with Gasteiger partial charge in [-0.15, -0.1) is 0 Å². The Balaban J connectivity index is 1.17. The van der Waals surface area contributed by atoms with Crippen LogP contribution in [0.5, 0.6) is 0 Å². The monoisotopic (exact) mass is 561 g/mol. The molecule has 7 nitrogen and oxygen atoms in total. The Morgan fingerprint density at radius 2 is 2.12 bits per heavy atom. The van der Waals surface area contributed by atoms with Crippen molar-refractivity contribution in [3.8, 4) is 0 Å². The van der Waals surface area contributed by atoms with Crippen LogP contribution >= 0.6 is 0 Å². The van der Waals surface area contributed by atoms with E-state index in [1.54, 1.807) is 11.0 Å². The van der Waals surface area contributed by atoms with Gasteiger partial charge in [0.1, 0.15) is 17.7 Å². The Hall–Kier alpha value is -2.69. The van der Waals surface area contributed by atoms with Crippen molar-refractivity contribution in [1.82, 2.24) is 9.88 Å². The molecule has 2 N–H and O–H groups in total. The topological polar surface area (TPSA) is 83.9 Å². The van der Waals surface area contributed by atoms with Crippen molar-refractivity contribution < 1.29 is 32.5 Å². The van der Waals surface area contributed by atoms with E-state index in [1.807, 2.05) is 6.07 Å². The molecule has 3 aliphatic rings. The van der Waals surface area contributed by atoms with E-state index in [1.165, 1.54) is 17.7 Å². The fourth-order valence-corrected chi connectivity index (χ4v) is 6.06. The molecular formula is C30H38F3N3O4. The normalized spacial score (nSPS) is 22.2. The molecule has 40 heavy (non-hydrogen) atoms. The number of nitrogens with zero attached hydrogens (tertiary/aromatic N) is 2. The van der Waals surface area contributed by atoms with Gasteiger partial charge in [-0.1, -0.05) is 18.2 Å². The maximum Gasteiger partial charge on any atom is 0.325 e. The molecule has 0 saturated carbocycles. The lowest BCUT2D eigenvalue weighted by atomic mass is 9.94. The number of halogens is 3. The average molecular weight is 562 g/mol. The molecule has 0 spiro atoms. The lowest BCUT2D eigenvalue weighted by Crippen LogP contribution is -2.36. The van der Waals surface area contributed by atoms with E-state index < -0.39 is 29.7 Å². The van der Waals surface area contributed by atoms with Crippen LogP contribution < -0.4 is 5.32 Å². The molecule has 2 aromatic rings. The minimum Gasteiger partial charge on any atom is -0.480 e. The number of hydrogen-bond donors (Lipinski definition) is 2. The highest BCUT2D eigenvalue weighted by Crippen LogP contribution is 2.40. The Bertz CT molecular complexity index is 1170. The van der Waals surface area contributed by atoms with Gasteiger partial charge in [0.15, 0.2) is 0 Å². The second-order valence-electron chi connectivity index (χ2n) is 11.1. The first-order chi connectivity index (χ1) is 19.3. The first kappa shape index (κ1) is 28.8. The van der Waals surface area contributed by atoms with Gasteiger partial charge in [0.05, 0.1) is 19.3 Å². The Morgan fingerprint density at radius 3 is 2.92 bits per heavy atom. The first-order valence-electron chi connectivity index (χ1n) is 14.4. The van der Waals surface area contributed by atoms with Gasteiger partial charge >= 0.3 is 5.97 Å². The number of carboxylic acid groups (broad SMARTS) is 1. The number of anilines is 1. The van der Waals surface area contributed by atoms with Crippen molar-refractivity contribution >= 4 is 11.8 Å². The molecule has 4 heterocycles. The third kappa shape index (κ3) is 6.78. The van der Waals surface area contributed by atoms with Gasteiger partial charge in [-0.2, -0.15) is 0 Å². The van der Waals surface area contributed by atoms with Crippen molar-refractivity contribution in [3.05, 3.63) is 58.5 Å². The van der Waals surface area contributed by atoms with Crippen LogP contribution in [0.3, 0.4) is 0 Å². The summed E-state index contributed by atoms with van der Waals surface area (Å²) in [5.41, 5.74) is 2.52. The van der Waals surface area contributed by atoms with Gasteiger partial charge in [0.25, 0.3) is 5.92 Å². The molecule has 10 heteroatoms. The van der Waals surface area contributed by atoms with Crippen LogP contribution in [0.4, 0.5) is 19.0 Å². The smallest absolute Gasteiger partial charge is 0.325 e. The van der Waals surface area contributed by atoms with Crippen LogP contribution in [-0.2, 0) is 33.7 Å². The molecule has 0 bridgehead atoms. The molecular weight excluding hydrogens is 523 g/mol. The minimum atomic E-state index is -2.92. The van der Waals surface area contributed by atoms with Gasteiger partial charge in [-0.25, -0.2) is 18.2 Å². The van der Waals surface area contributed by atoms with Crippen molar-refractivity contribution in [1.29, 1.82) is 0 Å². The number of hydrogen-bond acceptors (Lipinski definition) is 6. The molecule has 1 aromatic heterocycles. The maximum absolute atomic E-state index is 15.3. The molecule has 3 atom stereocenters. The lowest BCUT2D eigenvalue weighted by molar-refractivity contribution is -0.143. The third-order valence-electron chi connectivity index (χ3n) is 8.36. The van der Waals surface area contributed by atoms with E-state index in [2.05, 4.69) is 16.4 Å². The lowest BCUT2D eigenvalue weighted by Gasteiger charge is -2.28. The summed E-state index contributed by atoms with van der Waals surface area (Å²) in [5, 5.41) is 13.4. The third-order valence-corrected chi connectivity index (χ3v) is 8.36. The van der Waals surface area contributed by atoms with Crippen LogP contribution in [-0.4, -0.2) is 65.8 Å². The molecule has 1 aromatic carbocycles. The number of aliphatic carboxylic acids is 1. The summed E-state index contributed by atoms with van der Waals surface area (Å²) in [4.78, 5) is 18.6. The summed E-state index contributed by atoms with van der Waals surface area (Å²) in [7, 11) is 0. The largest absolute Gasteiger partial charge is 0.480 e. The van der Waals surface area contributed by atoms with Crippen molar-refractivity contribution in [2.24, 2.45) is 5.92 Å². The first-order valence-corrected chi connectivity index (χ1v) is 14.4. The summed E-state index contributed by atoms with van der Waals surface area (Å²) < 4.78 is 56.4. The second-order valence-corrected chi connectivity index (χ2v) is 11.1. The molecule has 3 aliphatic heterocycles. The van der Waals surface area contributed by atoms with Crippen LogP contribution in [0.1, 0.15) is 67.0 Å². The Kier molecular flexibility index (Phi) is 9.27. The maximum atomic E-state index is 15.3. The number of alkyl halides is 2. The standard InChI is InChI=1S/C30H38F3N3O4/c31-26-8-3-7-24(25(26)19-40-23-12-16-39-18-23)27(29(37)38)36-15-11-21(17-36)30(32,33)13-2-1-6-22-10-9-20-5-4-14-34-28(20)35-22/h3,7-10,21,23,27H,1-2,4-6,11-19H2,(H,34,35)(H,37,38)/t21?,23-,27?/m0/s1. The molecule has 2 fully saturated rings. The summed E-state index contributed by atoms with van der Waals surface area (Å²) in [6.07, 6.45) is 4.14. The molecule has 0 amide bonds. The zero-order valence-corrected chi connectivity index (χ0v) is 22.7. The number of unbranched alkanes of at least 4 members (excludes halogenated alkanes) is 1. The number of nitrogens with one attached hydrogen (secondary N) is 1. The van der Waals surface area contributed by atoms with E-state index >= 15 is 8.78 Å². The van der Waals surface area contributed by atoms with Crippen LogP contribution in [0, 0.1) is 11.7 Å². The molecule has 2 unspecified atom stereocenters. The van der Waals surface area contributed by atoms with Crippen molar-refractivity contribution in [3.63, 3.8) is 0 Å². The number of likely N-dealkylation sites (tertiary alicyclic amines) is 1. The van der Waals surface area contributed by atoms with E-state index in [0.29, 0.717) is 38.9 Å². The van der Waals surface area contributed by atoms with Gasteiger partial charge in [0, 0.05) is 43.3 Å². The molecule has 5 rings (SSSR count). The zero-order chi connectivity index (χ0) is 28.1. The fraction of sp³-hybridized carbons (Fsp3) is 0.600. The van der Waals surface area contributed by atoms with Gasteiger partial charge in [-0.3, -0.25) is 9.69 Å². The number of aryl methyl sites for hydroxylation is 2. The Labute approximate surface area is 233 Å². The van der Waals surface area contributed by atoms with Gasteiger partial charge in [0.2, 0.25) is 0 Å². The summed E-state index contributed by atoms with van der Waals surface area (Å²) >= 11 is 0. The van der Waals surface area contributed by atoms with E-state index in [-0.39, 0.29) is 49.8 Å². The molecule has 0 aliphatic carbocycles. The Morgan fingerprint density at radius 1 is 1.25 bits per heavy atom. The quantitative estimate of drug-likeness (QED) is 0.337. The zero-order valence-electron chi connectivity index (χ0n) is 22.7. The van der Waals surface area contributed by atoms with E-state index in [4.69, 9.17) is 9.47 Å². The summed E-state index contributed by atoms with van der Waals surface area (Å²) in [6.45, 7) is 1.93. The highest BCUT2D eigenvalue weighted by Gasteiger charge is 2.45. The summed E-state index contributed by atoms with van der Waals surface area (Å²) in [5.74, 6) is -4.71. The number of carbonyl (C=O) groups is 1. The van der Waals surface area contributed by atoms with Crippen molar-refractivity contribution in [2.45, 2.75) is 76.0 Å². The number of pyridine rings is 1. The minimum absolute atomic E-state index is 0.0602. The van der Waals surface area contributed by atoms with Crippen LogP contribution in [0.2, 0.25) is 0 Å². The van der Waals surface area contributed by atoms with Gasteiger partial charge in [-0.05, 0) is 74.8 Å². The molecule has 218 valence electrons. The highest BCUT2D eigenvalue weighted by atomic mass is 19.3. The number of carboxylic acids is 1. The SMILES string of the molecule is O=C(O)C(c1cccc(F)c1CO[C@H]1CCOC1)N1CCC(C(F)(F)CCCCc2ccc3c(n2)NCCC3)C1. The average Bonchev–Trinajstić information content (AvgIpc) is 3.64. The fourth-order valence-electron chi connectivity index (χ4n) is 6.06. The number of fused-ring (bicyclic) bond motifs is 1. The van der Waals surface area contributed by atoms with E-state index in [9.17, 15) is 14.3 Å². The number of benzene rings is 1. The highest BCUT2D eigenvalue weighted by molar-refractivity contribution is 5.76. The second kappa shape index (κ2) is 12.9. The number of ether oxygens (including phenoxy) is 2. The molecule has 2 saturated heterocycles. The summed E-state index contributed by atoms with van der Waals surface area (Å²) in [6, 6.07) is 7.11. The van der Waals surface area contributed by atoms with Crippen LogP contribution in [0.15, 0.2) is 30.3 Å². The molecule has 0 radical (unpaired) electrons. The number of rotatable bonds is 12. The van der Waals surface area contributed by atoms with Crippen LogP contribution in [0.25, 0.3) is 0 Å². The number of aromatic nitrogens is 1. The predicted molar refractivity (Wildman–Crippen MR) is 144 cm³/mol.